The minimum Gasteiger partial charge on any atom is -0.451 e. The van der Waals surface area contributed by atoms with E-state index in [4.69, 9.17) is 27.1 Å². The van der Waals surface area contributed by atoms with Crippen molar-refractivity contribution in [1.82, 2.24) is 16.1 Å². The van der Waals surface area contributed by atoms with Gasteiger partial charge in [0.15, 0.2) is 11.3 Å². The summed E-state index contributed by atoms with van der Waals surface area (Å²) in [5.74, 6) is -0.218. The number of furan rings is 1. The maximum Gasteiger partial charge on any atom is 0.287 e. The fourth-order valence-electron chi connectivity index (χ4n) is 3.98. The fourth-order valence-corrected chi connectivity index (χ4v) is 4.08. The maximum atomic E-state index is 13.1. The SMILES string of the molecule is CN/N=C(\OC=S)C1CCCC1NC(=O)C(CCCN)NC(=O)c1cc2ccccc2o1. The van der Waals surface area contributed by atoms with E-state index in [1.807, 2.05) is 18.2 Å². The van der Waals surface area contributed by atoms with E-state index in [1.165, 1.54) is 0 Å². The summed E-state index contributed by atoms with van der Waals surface area (Å²) in [5, 5.41) is 10.8. The first-order chi connectivity index (χ1) is 15.6. The minimum atomic E-state index is -0.739. The molecule has 1 aliphatic carbocycles. The van der Waals surface area contributed by atoms with Crippen LogP contribution in [0.5, 0.6) is 0 Å². The lowest BCUT2D eigenvalue weighted by molar-refractivity contribution is -0.124. The lowest BCUT2D eigenvalue weighted by Gasteiger charge is -2.24. The monoisotopic (exact) mass is 459 g/mol. The molecule has 1 saturated carbocycles. The highest BCUT2D eigenvalue weighted by Gasteiger charge is 2.35. The number of thiocarbonyl (C=S) groups is 1. The number of ether oxygens (including phenoxy) is 1. The van der Waals surface area contributed by atoms with Gasteiger partial charge in [0.05, 0.1) is 5.92 Å². The fraction of sp³-hybridized carbons (Fsp3) is 0.455. The molecule has 5 N–H and O–H groups in total. The smallest absolute Gasteiger partial charge is 0.287 e. The first-order valence-electron chi connectivity index (χ1n) is 10.7. The van der Waals surface area contributed by atoms with Crippen LogP contribution in [0.4, 0.5) is 0 Å². The number of para-hydroxylation sites is 1. The molecule has 2 amide bonds. The van der Waals surface area contributed by atoms with Gasteiger partial charge in [0.1, 0.15) is 11.6 Å². The molecule has 0 spiro atoms. The second-order valence-corrected chi connectivity index (χ2v) is 7.84. The van der Waals surface area contributed by atoms with Crippen molar-refractivity contribution in [3.8, 4) is 0 Å². The third-order valence-electron chi connectivity index (χ3n) is 5.52. The minimum absolute atomic E-state index is 0.105. The van der Waals surface area contributed by atoms with Gasteiger partial charge in [-0.25, -0.2) is 0 Å². The summed E-state index contributed by atoms with van der Waals surface area (Å²) < 4.78 is 11.0. The highest BCUT2D eigenvalue weighted by molar-refractivity contribution is 7.78. The van der Waals surface area contributed by atoms with Crippen molar-refractivity contribution in [2.45, 2.75) is 44.2 Å². The van der Waals surface area contributed by atoms with Crippen molar-refractivity contribution in [2.24, 2.45) is 16.8 Å². The molecule has 172 valence electrons. The highest BCUT2D eigenvalue weighted by Crippen LogP contribution is 2.27. The van der Waals surface area contributed by atoms with Crippen LogP contribution in [0.1, 0.15) is 42.7 Å². The normalized spacial score (nSPS) is 19.4. The lowest BCUT2D eigenvalue weighted by atomic mass is 10.0. The lowest BCUT2D eigenvalue weighted by Crippen LogP contribution is -2.51. The van der Waals surface area contributed by atoms with Gasteiger partial charge in [-0.3, -0.25) is 9.59 Å². The van der Waals surface area contributed by atoms with E-state index in [9.17, 15) is 9.59 Å². The zero-order valence-corrected chi connectivity index (χ0v) is 18.8. The van der Waals surface area contributed by atoms with Gasteiger partial charge in [0.25, 0.3) is 5.91 Å². The Morgan fingerprint density at radius 1 is 1.38 bits per heavy atom. The van der Waals surface area contributed by atoms with Crippen molar-refractivity contribution in [2.75, 3.05) is 13.6 Å². The molecule has 1 aromatic carbocycles. The molecule has 2 aromatic rings. The van der Waals surface area contributed by atoms with Crippen molar-refractivity contribution in [1.29, 1.82) is 0 Å². The standard InChI is InChI=1S/C22H29N5O4S/c1-24-27-22(30-13-32)15-7-4-8-16(15)25-20(28)17(9-5-11-23)26-21(29)19-12-14-6-2-3-10-18(14)31-19/h2-3,6,10,12-13,15-17,24H,4-5,7-9,11,23H2,1H3,(H,25,28)(H,26,29)/b27-22-. The summed E-state index contributed by atoms with van der Waals surface area (Å²) in [6, 6.07) is 8.11. The Kier molecular flexibility index (Phi) is 8.57. The predicted molar refractivity (Wildman–Crippen MR) is 126 cm³/mol. The van der Waals surface area contributed by atoms with Gasteiger partial charge in [-0.15, -0.1) is 5.10 Å². The van der Waals surface area contributed by atoms with E-state index in [1.54, 1.807) is 19.2 Å². The quantitative estimate of drug-likeness (QED) is 0.185. The molecular weight excluding hydrogens is 430 g/mol. The van der Waals surface area contributed by atoms with E-state index in [0.29, 0.717) is 30.9 Å². The van der Waals surface area contributed by atoms with Crippen molar-refractivity contribution in [3.05, 3.63) is 36.1 Å². The average molecular weight is 460 g/mol. The zero-order chi connectivity index (χ0) is 22.9. The van der Waals surface area contributed by atoms with E-state index >= 15 is 0 Å². The summed E-state index contributed by atoms with van der Waals surface area (Å²) in [5.41, 5.74) is 10.1. The molecule has 0 radical (unpaired) electrons. The Morgan fingerprint density at radius 2 is 2.19 bits per heavy atom. The van der Waals surface area contributed by atoms with Crippen molar-refractivity contribution < 1.29 is 18.7 Å². The Morgan fingerprint density at radius 3 is 2.91 bits per heavy atom. The number of benzene rings is 1. The van der Waals surface area contributed by atoms with Crippen LogP contribution >= 0.6 is 12.2 Å². The molecule has 9 nitrogen and oxygen atoms in total. The van der Waals surface area contributed by atoms with Gasteiger partial charge >= 0.3 is 0 Å². The highest BCUT2D eigenvalue weighted by atomic mass is 32.1. The van der Waals surface area contributed by atoms with Gasteiger partial charge in [-0.2, -0.15) is 0 Å². The first kappa shape index (κ1) is 23.7. The number of carbonyl (C=O) groups is 2. The molecule has 1 aliphatic rings. The Labute approximate surface area is 192 Å². The number of hydrogen-bond donors (Lipinski definition) is 4. The van der Waals surface area contributed by atoms with Crippen LogP contribution in [-0.4, -0.2) is 48.9 Å². The third kappa shape index (κ3) is 5.83. The van der Waals surface area contributed by atoms with Crippen LogP contribution in [-0.2, 0) is 9.53 Å². The third-order valence-corrected chi connectivity index (χ3v) is 5.62. The molecule has 3 atom stereocenters. The van der Waals surface area contributed by atoms with Crippen LogP contribution < -0.4 is 21.8 Å². The van der Waals surface area contributed by atoms with Gasteiger partial charge in [-0.05, 0) is 56.6 Å². The maximum absolute atomic E-state index is 13.1. The Hall–Kier alpha value is -2.98. The summed E-state index contributed by atoms with van der Waals surface area (Å²) in [6.45, 7) is 0.415. The van der Waals surface area contributed by atoms with E-state index in [-0.39, 0.29) is 23.6 Å². The zero-order valence-electron chi connectivity index (χ0n) is 18.0. The summed E-state index contributed by atoms with van der Waals surface area (Å²) in [4.78, 5) is 25.9. The summed E-state index contributed by atoms with van der Waals surface area (Å²) in [7, 11) is 1.67. The average Bonchev–Trinajstić information content (AvgIpc) is 3.43. The number of hydrazone groups is 1. The van der Waals surface area contributed by atoms with Crippen molar-refractivity contribution >= 4 is 46.5 Å². The molecule has 1 heterocycles. The number of carbonyl (C=O) groups excluding carboxylic acids is 2. The number of rotatable bonds is 10. The molecule has 3 rings (SSSR count). The molecule has 0 bridgehead atoms. The van der Waals surface area contributed by atoms with Crippen LogP contribution in [0.3, 0.4) is 0 Å². The summed E-state index contributed by atoms with van der Waals surface area (Å²) in [6.07, 6.45) is 3.51. The predicted octanol–water partition coefficient (Wildman–Crippen LogP) is 2.06. The Balaban J connectivity index is 1.70. The Bertz CT molecular complexity index is 943. The topological polar surface area (TPSA) is 131 Å². The number of fused-ring (bicyclic) bond motifs is 1. The molecule has 0 aliphatic heterocycles. The number of nitrogens with zero attached hydrogens (tertiary/aromatic N) is 1. The van der Waals surface area contributed by atoms with Gasteiger partial charge in [0, 0.05) is 18.5 Å². The van der Waals surface area contributed by atoms with Crippen molar-refractivity contribution in [3.63, 3.8) is 0 Å². The van der Waals surface area contributed by atoms with Crippen LogP contribution in [0, 0.1) is 5.92 Å². The number of nitrogens with one attached hydrogen (secondary N) is 3. The second-order valence-electron chi connectivity index (χ2n) is 7.65. The first-order valence-corrected chi connectivity index (χ1v) is 11.2. The molecule has 1 aromatic heterocycles. The number of nitrogens with two attached hydrogens (primary N) is 1. The molecule has 32 heavy (non-hydrogen) atoms. The van der Waals surface area contributed by atoms with E-state index < -0.39 is 11.9 Å². The largest absolute Gasteiger partial charge is 0.451 e. The van der Waals surface area contributed by atoms with Crippen LogP contribution in [0.25, 0.3) is 11.0 Å². The van der Waals surface area contributed by atoms with Gasteiger partial charge < -0.3 is 30.9 Å². The molecule has 0 saturated heterocycles. The molecule has 3 unspecified atom stereocenters. The van der Waals surface area contributed by atoms with E-state index in [2.05, 4.69) is 21.2 Å². The number of amides is 2. The van der Waals surface area contributed by atoms with Crippen LogP contribution in [0.2, 0.25) is 0 Å². The van der Waals surface area contributed by atoms with Crippen LogP contribution in [0.15, 0.2) is 39.9 Å². The summed E-state index contributed by atoms with van der Waals surface area (Å²) >= 11 is 4.80. The number of hydrogen-bond acceptors (Lipinski definition) is 8. The molecule has 10 heteroatoms. The molecule has 1 fully saturated rings. The van der Waals surface area contributed by atoms with Gasteiger partial charge in [0.2, 0.25) is 11.8 Å². The molecular formula is C22H29N5O4S. The van der Waals surface area contributed by atoms with E-state index in [0.717, 1.165) is 30.2 Å². The van der Waals surface area contributed by atoms with Gasteiger partial charge in [-0.1, -0.05) is 24.6 Å². The second kappa shape index (κ2) is 11.6.